The Morgan fingerprint density at radius 3 is 2.73 bits per heavy atom. The van der Waals surface area contributed by atoms with Gasteiger partial charge in [0.1, 0.15) is 5.82 Å². The van der Waals surface area contributed by atoms with Gasteiger partial charge in [0.2, 0.25) is 5.82 Å². The van der Waals surface area contributed by atoms with E-state index < -0.39 is 17.4 Å². The fraction of sp³-hybridized carbons (Fsp3) is 0.412. The van der Waals surface area contributed by atoms with Crippen LogP contribution in [-0.4, -0.2) is 50.5 Å². The lowest BCUT2D eigenvalue weighted by Crippen LogP contribution is -2.55. The van der Waals surface area contributed by atoms with Crippen molar-refractivity contribution in [3.63, 3.8) is 0 Å². The number of carboxylic acid groups (broad SMARTS) is 1. The summed E-state index contributed by atoms with van der Waals surface area (Å²) >= 11 is 6.26. The first-order valence-electron chi connectivity index (χ1n) is 8.36. The molecule has 0 radical (unpaired) electrons. The Morgan fingerprint density at radius 1 is 1.35 bits per heavy atom. The smallest absolute Gasteiger partial charge is 0.331 e. The number of carbonyl (C=O) groups is 2. The largest absolute Gasteiger partial charge is 0.479 e. The normalized spacial score (nSPS) is 22.3. The Balaban J connectivity index is 1.67. The Bertz CT molecular complexity index is 871. The van der Waals surface area contributed by atoms with E-state index in [1.807, 2.05) is 12.1 Å². The maximum Gasteiger partial charge on any atom is 0.331 e. The zero-order valence-electron chi connectivity index (χ0n) is 13.8. The van der Waals surface area contributed by atoms with Crippen molar-refractivity contribution in [3.8, 4) is 5.69 Å². The van der Waals surface area contributed by atoms with Crippen LogP contribution >= 0.6 is 11.6 Å². The second-order valence-electron chi connectivity index (χ2n) is 6.58. The van der Waals surface area contributed by atoms with E-state index in [1.54, 1.807) is 16.8 Å². The number of benzene rings is 1. The van der Waals surface area contributed by atoms with Crippen LogP contribution in [0.1, 0.15) is 41.6 Å². The molecule has 8 nitrogen and oxygen atoms in total. The van der Waals surface area contributed by atoms with Crippen molar-refractivity contribution >= 4 is 23.5 Å². The number of halogens is 1. The Kier molecular flexibility index (Phi) is 4.16. The lowest BCUT2D eigenvalue weighted by atomic mass is 9.99. The fourth-order valence-electron chi connectivity index (χ4n) is 2.99. The third-order valence-electron chi connectivity index (χ3n) is 4.64. The summed E-state index contributed by atoms with van der Waals surface area (Å²) in [7, 11) is 0. The maximum atomic E-state index is 12.6. The monoisotopic (exact) mass is 376 g/mol. The molecule has 1 saturated heterocycles. The lowest BCUT2D eigenvalue weighted by Gasteiger charge is -2.22. The number of nitrogens with zero attached hydrogens (tertiary/aromatic N) is 3. The van der Waals surface area contributed by atoms with Gasteiger partial charge in [-0.3, -0.25) is 4.79 Å². The van der Waals surface area contributed by atoms with Crippen LogP contribution in [0.4, 0.5) is 0 Å². The molecule has 1 saturated carbocycles. The molecule has 1 atom stereocenters. The van der Waals surface area contributed by atoms with Gasteiger partial charge in [-0.05, 0) is 25.0 Å². The number of carboxylic acids is 1. The third-order valence-corrected chi connectivity index (χ3v) is 4.96. The number of aliphatic carboxylic acids is 1. The maximum absolute atomic E-state index is 12.6. The van der Waals surface area contributed by atoms with Crippen molar-refractivity contribution in [2.75, 3.05) is 13.2 Å². The molecule has 2 fully saturated rings. The number of carbonyl (C=O) groups excluding carboxylic acids is 1. The van der Waals surface area contributed by atoms with Crippen molar-refractivity contribution in [1.29, 1.82) is 0 Å². The van der Waals surface area contributed by atoms with Crippen molar-refractivity contribution in [1.82, 2.24) is 20.1 Å². The molecule has 0 bridgehead atoms. The summed E-state index contributed by atoms with van der Waals surface area (Å²) in [6.07, 6.45) is 2.14. The summed E-state index contributed by atoms with van der Waals surface area (Å²) in [5, 5.41) is 16.8. The van der Waals surface area contributed by atoms with Gasteiger partial charge in [0.25, 0.3) is 5.91 Å². The van der Waals surface area contributed by atoms with Gasteiger partial charge in [-0.15, -0.1) is 5.10 Å². The van der Waals surface area contributed by atoms with Gasteiger partial charge in [0.15, 0.2) is 5.54 Å². The first-order valence-corrected chi connectivity index (χ1v) is 8.73. The van der Waals surface area contributed by atoms with Gasteiger partial charge in [-0.25, -0.2) is 14.5 Å². The standard InChI is InChI=1S/C17H17ClN4O4/c18-11-3-1-2-4-12(11)22-14(10-5-6-10)19-13(21-22)15(23)20-17(16(24)25)7-8-26-9-17/h1-4,10H,5-9H2,(H,20,23)(H,24,25). The molecule has 4 rings (SSSR count). The van der Waals surface area contributed by atoms with Crippen LogP contribution in [0.25, 0.3) is 5.69 Å². The zero-order valence-corrected chi connectivity index (χ0v) is 14.6. The van der Waals surface area contributed by atoms with Crippen LogP contribution in [-0.2, 0) is 9.53 Å². The molecule has 26 heavy (non-hydrogen) atoms. The topological polar surface area (TPSA) is 106 Å². The number of aromatic nitrogens is 3. The van der Waals surface area contributed by atoms with Gasteiger partial charge >= 0.3 is 5.97 Å². The summed E-state index contributed by atoms with van der Waals surface area (Å²) in [4.78, 5) is 28.6. The van der Waals surface area contributed by atoms with Gasteiger partial charge < -0.3 is 15.2 Å². The molecule has 1 aromatic carbocycles. The predicted octanol–water partition coefficient (Wildman–Crippen LogP) is 1.77. The number of ether oxygens (including phenoxy) is 1. The second-order valence-corrected chi connectivity index (χ2v) is 6.98. The third kappa shape index (κ3) is 2.95. The van der Waals surface area contributed by atoms with Gasteiger partial charge in [0, 0.05) is 18.9 Å². The summed E-state index contributed by atoms with van der Waals surface area (Å²) in [5.74, 6) is -0.944. The van der Waals surface area contributed by atoms with Gasteiger partial charge in [0.05, 0.1) is 17.3 Å². The van der Waals surface area contributed by atoms with Crippen LogP contribution in [0.2, 0.25) is 5.02 Å². The predicted molar refractivity (Wildman–Crippen MR) is 91.6 cm³/mol. The van der Waals surface area contributed by atoms with Crippen molar-refractivity contribution in [2.45, 2.75) is 30.7 Å². The molecular weight excluding hydrogens is 360 g/mol. The van der Waals surface area contributed by atoms with Crippen LogP contribution < -0.4 is 5.32 Å². The zero-order chi connectivity index (χ0) is 18.3. The van der Waals surface area contributed by atoms with E-state index >= 15 is 0 Å². The Morgan fingerprint density at radius 2 is 2.12 bits per heavy atom. The van der Waals surface area contributed by atoms with E-state index in [9.17, 15) is 14.7 Å². The van der Waals surface area contributed by atoms with Crippen LogP contribution in [0, 0.1) is 0 Å². The molecule has 2 aliphatic rings. The first-order chi connectivity index (χ1) is 12.5. The van der Waals surface area contributed by atoms with E-state index in [2.05, 4.69) is 15.4 Å². The number of amides is 1. The molecule has 0 spiro atoms. The van der Waals surface area contributed by atoms with Crippen LogP contribution in [0.3, 0.4) is 0 Å². The molecule has 2 N–H and O–H groups in total. The molecule has 1 aliphatic heterocycles. The van der Waals surface area contributed by atoms with Gasteiger partial charge in [-0.2, -0.15) is 0 Å². The highest BCUT2D eigenvalue weighted by Crippen LogP contribution is 2.40. The fourth-order valence-corrected chi connectivity index (χ4v) is 3.20. The Hall–Kier alpha value is -2.45. The quantitative estimate of drug-likeness (QED) is 0.823. The molecule has 2 heterocycles. The van der Waals surface area contributed by atoms with E-state index in [0.29, 0.717) is 16.5 Å². The van der Waals surface area contributed by atoms with Crippen LogP contribution in [0.15, 0.2) is 24.3 Å². The van der Waals surface area contributed by atoms with E-state index in [-0.39, 0.29) is 31.4 Å². The van der Waals surface area contributed by atoms with Crippen molar-refractivity contribution in [3.05, 3.63) is 40.9 Å². The highest BCUT2D eigenvalue weighted by Gasteiger charge is 2.45. The lowest BCUT2D eigenvalue weighted by molar-refractivity contribution is -0.144. The average Bonchev–Trinajstić information content (AvgIpc) is 3.18. The highest BCUT2D eigenvalue weighted by molar-refractivity contribution is 6.32. The van der Waals surface area contributed by atoms with E-state index in [4.69, 9.17) is 16.3 Å². The Labute approximate surface area is 154 Å². The summed E-state index contributed by atoms with van der Waals surface area (Å²) in [5.41, 5.74) is -0.799. The molecule has 9 heteroatoms. The minimum Gasteiger partial charge on any atom is -0.479 e. The van der Waals surface area contributed by atoms with Gasteiger partial charge in [-0.1, -0.05) is 23.7 Å². The second kappa shape index (κ2) is 6.37. The number of para-hydroxylation sites is 1. The van der Waals surface area contributed by atoms with Crippen LogP contribution in [0.5, 0.6) is 0 Å². The van der Waals surface area contributed by atoms with Crippen molar-refractivity contribution in [2.24, 2.45) is 0 Å². The number of hydrogen-bond acceptors (Lipinski definition) is 5. The minimum absolute atomic E-state index is 0.0701. The molecule has 2 aromatic rings. The number of hydrogen-bond donors (Lipinski definition) is 2. The molecule has 1 aliphatic carbocycles. The molecular formula is C17H17ClN4O4. The summed E-state index contributed by atoms with van der Waals surface area (Å²) in [6.45, 7) is 0.205. The molecule has 136 valence electrons. The van der Waals surface area contributed by atoms with Crippen molar-refractivity contribution < 1.29 is 19.4 Å². The average molecular weight is 377 g/mol. The number of nitrogens with one attached hydrogen (secondary N) is 1. The summed E-state index contributed by atoms with van der Waals surface area (Å²) in [6, 6.07) is 7.18. The molecule has 1 amide bonds. The molecule has 1 unspecified atom stereocenters. The number of rotatable bonds is 5. The SMILES string of the molecule is O=C(NC1(C(=O)O)CCOC1)c1nc(C2CC2)n(-c2ccccc2Cl)n1. The highest BCUT2D eigenvalue weighted by atomic mass is 35.5. The minimum atomic E-state index is -1.44. The van der Waals surface area contributed by atoms with E-state index in [0.717, 1.165) is 12.8 Å². The van der Waals surface area contributed by atoms with E-state index in [1.165, 1.54) is 0 Å². The summed E-state index contributed by atoms with van der Waals surface area (Å²) < 4.78 is 6.74. The first kappa shape index (κ1) is 17.0. The molecule has 1 aromatic heterocycles.